The molecule has 1 aliphatic heterocycles. The third-order valence-electron chi connectivity index (χ3n) is 4.80. The van der Waals surface area contributed by atoms with Crippen LogP contribution < -0.4 is 4.90 Å². The molecule has 0 bridgehead atoms. The van der Waals surface area contributed by atoms with Crippen LogP contribution in [0.4, 0.5) is 10.2 Å². The van der Waals surface area contributed by atoms with Crippen molar-refractivity contribution in [1.82, 2.24) is 15.1 Å². The lowest BCUT2D eigenvalue weighted by molar-refractivity contribution is 0.247. The summed E-state index contributed by atoms with van der Waals surface area (Å²) in [7, 11) is 4.17. The van der Waals surface area contributed by atoms with Gasteiger partial charge in [0.1, 0.15) is 11.6 Å². The van der Waals surface area contributed by atoms with Crippen molar-refractivity contribution >= 4 is 5.82 Å². The molecule has 2 aromatic rings. The number of phenolic OH excluding ortho intramolecular Hbond substituents is 1. The average Bonchev–Trinajstić information content (AvgIpc) is 2.59. The summed E-state index contributed by atoms with van der Waals surface area (Å²) in [6.45, 7) is 3.69. The fraction of sp³-hybridized carbons (Fsp3) is 0.444. The molecule has 0 spiro atoms. The number of hydrogen-bond acceptors (Lipinski definition) is 5. The van der Waals surface area contributed by atoms with Crippen molar-refractivity contribution < 1.29 is 9.50 Å². The number of piperidine rings is 1. The second-order valence-electron chi connectivity index (χ2n) is 6.51. The van der Waals surface area contributed by atoms with Crippen molar-refractivity contribution in [1.29, 1.82) is 0 Å². The smallest absolute Gasteiger partial charge is 0.151 e. The van der Waals surface area contributed by atoms with Crippen molar-refractivity contribution in [3.05, 3.63) is 35.6 Å². The quantitative estimate of drug-likeness (QED) is 0.938. The molecular formula is C18H23FN4O. The molecule has 0 radical (unpaired) electrons. The number of hydrogen-bond donors (Lipinski definition) is 1. The summed E-state index contributed by atoms with van der Waals surface area (Å²) in [4.78, 5) is 4.48. The number of phenols is 1. The van der Waals surface area contributed by atoms with Gasteiger partial charge in [0.25, 0.3) is 0 Å². The number of benzene rings is 1. The van der Waals surface area contributed by atoms with Crippen LogP contribution in [0, 0.1) is 12.7 Å². The van der Waals surface area contributed by atoms with Crippen molar-refractivity contribution in [3.63, 3.8) is 0 Å². The minimum absolute atomic E-state index is 0.0840. The van der Waals surface area contributed by atoms with Gasteiger partial charge in [-0.15, -0.1) is 10.2 Å². The SMILES string of the molecule is Cc1c(F)ccc(-c2ccc(N(C)[C@@H]3CCCN(C)C3)nn2)c1O. The second-order valence-corrected chi connectivity index (χ2v) is 6.51. The molecule has 1 aliphatic rings. The summed E-state index contributed by atoms with van der Waals surface area (Å²) < 4.78 is 13.5. The Morgan fingerprint density at radius 2 is 2.04 bits per heavy atom. The lowest BCUT2D eigenvalue weighted by atomic mass is 10.0. The van der Waals surface area contributed by atoms with Crippen molar-refractivity contribution in [3.8, 4) is 17.0 Å². The van der Waals surface area contributed by atoms with Gasteiger partial charge in [0, 0.05) is 30.8 Å². The van der Waals surface area contributed by atoms with Gasteiger partial charge in [-0.1, -0.05) is 0 Å². The van der Waals surface area contributed by atoms with E-state index in [9.17, 15) is 9.50 Å². The van der Waals surface area contributed by atoms with Gasteiger partial charge in [-0.3, -0.25) is 0 Å². The Bertz CT molecular complexity index is 720. The molecular weight excluding hydrogens is 307 g/mol. The molecule has 1 saturated heterocycles. The van der Waals surface area contributed by atoms with Crippen LogP contribution in [0.5, 0.6) is 5.75 Å². The zero-order valence-electron chi connectivity index (χ0n) is 14.3. The average molecular weight is 330 g/mol. The van der Waals surface area contributed by atoms with Gasteiger partial charge in [0.2, 0.25) is 0 Å². The summed E-state index contributed by atoms with van der Waals surface area (Å²) in [6.07, 6.45) is 2.32. The summed E-state index contributed by atoms with van der Waals surface area (Å²) >= 11 is 0. The molecule has 0 amide bonds. The highest BCUT2D eigenvalue weighted by Crippen LogP contribution is 2.32. The third kappa shape index (κ3) is 3.19. The van der Waals surface area contributed by atoms with Gasteiger partial charge in [-0.2, -0.15) is 0 Å². The monoisotopic (exact) mass is 330 g/mol. The van der Waals surface area contributed by atoms with Crippen LogP contribution in [0.3, 0.4) is 0 Å². The standard InChI is InChI=1S/C18H23FN4O/c1-12-15(19)7-6-14(18(12)24)16-8-9-17(21-20-16)23(3)13-5-4-10-22(2)11-13/h6-9,13,24H,4-5,10-11H2,1-3H3/t13-/m1/s1. The molecule has 0 saturated carbocycles. The van der Waals surface area contributed by atoms with Crippen LogP contribution in [0.2, 0.25) is 0 Å². The maximum absolute atomic E-state index is 13.5. The zero-order valence-corrected chi connectivity index (χ0v) is 14.3. The predicted octanol–water partition coefficient (Wildman–Crippen LogP) is 2.83. The summed E-state index contributed by atoms with van der Waals surface area (Å²) in [5.41, 5.74) is 1.25. The van der Waals surface area contributed by atoms with Crippen LogP contribution in [-0.2, 0) is 0 Å². The molecule has 2 heterocycles. The molecule has 5 nitrogen and oxygen atoms in total. The van der Waals surface area contributed by atoms with Gasteiger partial charge in [0.15, 0.2) is 5.82 Å². The lowest BCUT2D eigenvalue weighted by Gasteiger charge is -2.36. The van der Waals surface area contributed by atoms with Gasteiger partial charge < -0.3 is 14.9 Å². The van der Waals surface area contributed by atoms with E-state index < -0.39 is 5.82 Å². The zero-order chi connectivity index (χ0) is 17.3. The molecule has 128 valence electrons. The van der Waals surface area contributed by atoms with Gasteiger partial charge in [-0.05, 0) is 57.6 Å². The highest BCUT2D eigenvalue weighted by atomic mass is 19.1. The van der Waals surface area contributed by atoms with Crippen LogP contribution >= 0.6 is 0 Å². The fourth-order valence-corrected chi connectivity index (χ4v) is 3.18. The molecule has 1 fully saturated rings. The molecule has 1 atom stereocenters. The number of aromatic nitrogens is 2. The lowest BCUT2D eigenvalue weighted by Crippen LogP contribution is -2.45. The maximum Gasteiger partial charge on any atom is 0.151 e. The number of rotatable bonds is 3. The predicted molar refractivity (Wildman–Crippen MR) is 92.7 cm³/mol. The number of aromatic hydroxyl groups is 1. The van der Waals surface area contributed by atoms with E-state index in [0.717, 1.165) is 25.3 Å². The van der Waals surface area contributed by atoms with Gasteiger partial charge >= 0.3 is 0 Å². The Morgan fingerprint density at radius 1 is 1.25 bits per heavy atom. The molecule has 3 rings (SSSR count). The third-order valence-corrected chi connectivity index (χ3v) is 4.80. The Kier molecular flexibility index (Phi) is 4.66. The first-order valence-electron chi connectivity index (χ1n) is 8.21. The Morgan fingerprint density at radius 3 is 2.71 bits per heavy atom. The minimum Gasteiger partial charge on any atom is -0.507 e. The Balaban J connectivity index is 1.82. The summed E-state index contributed by atoms with van der Waals surface area (Å²) in [5, 5.41) is 18.6. The topological polar surface area (TPSA) is 52.5 Å². The van der Waals surface area contributed by atoms with Gasteiger partial charge in [-0.25, -0.2) is 4.39 Å². The van der Waals surface area contributed by atoms with Crippen LogP contribution in [0.25, 0.3) is 11.3 Å². The number of likely N-dealkylation sites (tertiary alicyclic amines) is 1. The molecule has 1 aromatic carbocycles. The number of nitrogens with zero attached hydrogens (tertiary/aromatic N) is 4. The van der Waals surface area contributed by atoms with Gasteiger partial charge in [0.05, 0.1) is 5.69 Å². The first kappa shape index (κ1) is 16.6. The van der Waals surface area contributed by atoms with Crippen molar-refractivity contribution in [2.45, 2.75) is 25.8 Å². The summed E-state index contributed by atoms with van der Waals surface area (Å²) in [6, 6.07) is 7.00. The van der Waals surface area contributed by atoms with E-state index in [1.54, 1.807) is 6.92 Å². The highest BCUT2D eigenvalue weighted by molar-refractivity contribution is 5.69. The first-order valence-corrected chi connectivity index (χ1v) is 8.21. The van der Waals surface area contributed by atoms with E-state index in [1.807, 2.05) is 19.2 Å². The molecule has 1 N–H and O–H groups in total. The van der Waals surface area contributed by atoms with E-state index in [1.165, 1.54) is 18.6 Å². The molecule has 24 heavy (non-hydrogen) atoms. The largest absolute Gasteiger partial charge is 0.507 e. The molecule has 1 aromatic heterocycles. The maximum atomic E-state index is 13.5. The number of halogens is 1. The number of likely N-dealkylation sites (N-methyl/N-ethyl adjacent to an activating group) is 2. The fourth-order valence-electron chi connectivity index (χ4n) is 3.18. The molecule has 6 heteroatoms. The Hall–Kier alpha value is -2.21. The van der Waals surface area contributed by atoms with E-state index in [4.69, 9.17) is 0 Å². The minimum atomic E-state index is -0.429. The van der Waals surface area contributed by atoms with Crippen LogP contribution in [0.1, 0.15) is 18.4 Å². The summed E-state index contributed by atoms with van der Waals surface area (Å²) in [5.74, 6) is 0.290. The highest BCUT2D eigenvalue weighted by Gasteiger charge is 2.22. The molecule has 0 unspecified atom stereocenters. The van der Waals surface area contributed by atoms with E-state index in [0.29, 0.717) is 17.3 Å². The normalized spacial score (nSPS) is 18.6. The number of anilines is 1. The first-order chi connectivity index (χ1) is 11.5. The van der Waals surface area contributed by atoms with E-state index in [2.05, 4.69) is 27.0 Å². The van der Waals surface area contributed by atoms with Crippen molar-refractivity contribution in [2.75, 3.05) is 32.1 Å². The van der Waals surface area contributed by atoms with Crippen LogP contribution in [0.15, 0.2) is 24.3 Å². The molecule has 0 aliphatic carbocycles. The second kappa shape index (κ2) is 6.73. The Labute approximate surface area is 141 Å². The van der Waals surface area contributed by atoms with E-state index in [-0.39, 0.29) is 11.3 Å². The van der Waals surface area contributed by atoms with Crippen LogP contribution in [-0.4, -0.2) is 53.4 Å². The van der Waals surface area contributed by atoms with Crippen molar-refractivity contribution in [2.24, 2.45) is 0 Å². The van der Waals surface area contributed by atoms with E-state index >= 15 is 0 Å².